The SMILES string of the molecule is CCC(CC)C(=O)N1CCN(C(=O)CO)CC1. The molecule has 1 aliphatic heterocycles. The van der Waals surface area contributed by atoms with Crippen molar-refractivity contribution in [2.45, 2.75) is 26.7 Å². The number of hydrogen-bond donors (Lipinski definition) is 1. The minimum atomic E-state index is -0.444. The summed E-state index contributed by atoms with van der Waals surface area (Å²) in [7, 11) is 0. The van der Waals surface area contributed by atoms with Crippen LogP contribution in [0.2, 0.25) is 0 Å². The van der Waals surface area contributed by atoms with Gasteiger partial charge < -0.3 is 14.9 Å². The monoisotopic (exact) mass is 242 g/mol. The summed E-state index contributed by atoms with van der Waals surface area (Å²) in [4.78, 5) is 26.8. The predicted octanol–water partition coefficient (Wildman–Crippen LogP) is 0.0857. The Morgan fingerprint density at radius 1 is 1.06 bits per heavy atom. The molecule has 0 atom stereocenters. The summed E-state index contributed by atoms with van der Waals surface area (Å²) in [5.74, 6) is 0.0563. The van der Waals surface area contributed by atoms with Gasteiger partial charge in [0.05, 0.1) is 0 Å². The third-order valence-electron chi connectivity index (χ3n) is 3.41. The second-order valence-electron chi connectivity index (χ2n) is 4.38. The molecule has 1 aliphatic rings. The second kappa shape index (κ2) is 6.59. The third kappa shape index (κ3) is 3.43. The number of nitrogens with zero attached hydrogens (tertiary/aromatic N) is 2. The number of hydrogen-bond acceptors (Lipinski definition) is 3. The Labute approximate surface area is 102 Å². The average Bonchev–Trinajstić information content (AvgIpc) is 2.39. The molecule has 0 aromatic heterocycles. The van der Waals surface area contributed by atoms with Crippen LogP contribution < -0.4 is 0 Å². The van der Waals surface area contributed by atoms with Crippen molar-refractivity contribution in [1.82, 2.24) is 9.80 Å². The topological polar surface area (TPSA) is 60.9 Å². The molecule has 1 fully saturated rings. The van der Waals surface area contributed by atoms with Crippen molar-refractivity contribution >= 4 is 11.8 Å². The van der Waals surface area contributed by atoms with Crippen LogP contribution in [-0.2, 0) is 9.59 Å². The molecule has 1 heterocycles. The fraction of sp³-hybridized carbons (Fsp3) is 0.833. The molecule has 5 nitrogen and oxygen atoms in total. The van der Waals surface area contributed by atoms with E-state index < -0.39 is 6.61 Å². The van der Waals surface area contributed by atoms with Crippen LogP contribution in [0.4, 0.5) is 0 Å². The van der Waals surface area contributed by atoms with Gasteiger partial charge in [-0.1, -0.05) is 13.8 Å². The van der Waals surface area contributed by atoms with Crippen molar-refractivity contribution in [2.75, 3.05) is 32.8 Å². The first-order chi connectivity index (χ1) is 8.13. The van der Waals surface area contributed by atoms with Crippen LogP contribution in [0, 0.1) is 5.92 Å². The van der Waals surface area contributed by atoms with Gasteiger partial charge in [0.25, 0.3) is 0 Å². The van der Waals surface area contributed by atoms with Crippen molar-refractivity contribution in [2.24, 2.45) is 5.92 Å². The fourth-order valence-corrected chi connectivity index (χ4v) is 2.17. The molecule has 2 amide bonds. The predicted molar refractivity (Wildman–Crippen MR) is 64.3 cm³/mol. The Bertz CT molecular complexity index is 269. The Kier molecular flexibility index (Phi) is 5.41. The van der Waals surface area contributed by atoms with Gasteiger partial charge in [0.15, 0.2) is 0 Å². The van der Waals surface area contributed by atoms with E-state index in [1.54, 1.807) is 4.90 Å². The van der Waals surface area contributed by atoms with E-state index in [2.05, 4.69) is 0 Å². The largest absolute Gasteiger partial charge is 0.387 e. The van der Waals surface area contributed by atoms with Crippen LogP contribution in [0.1, 0.15) is 26.7 Å². The zero-order valence-corrected chi connectivity index (χ0v) is 10.7. The number of aliphatic hydroxyl groups excluding tert-OH is 1. The normalized spacial score (nSPS) is 16.5. The molecule has 0 bridgehead atoms. The molecule has 0 aromatic rings. The molecule has 17 heavy (non-hydrogen) atoms. The van der Waals surface area contributed by atoms with Crippen molar-refractivity contribution in [3.05, 3.63) is 0 Å². The lowest BCUT2D eigenvalue weighted by atomic mass is 10.0. The summed E-state index contributed by atoms with van der Waals surface area (Å²) >= 11 is 0. The molecule has 1 saturated heterocycles. The maximum atomic E-state index is 12.1. The Morgan fingerprint density at radius 3 is 1.94 bits per heavy atom. The van der Waals surface area contributed by atoms with Gasteiger partial charge in [-0.15, -0.1) is 0 Å². The van der Waals surface area contributed by atoms with Gasteiger partial charge in [0, 0.05) is 32.1 Å². The molecule has 0 unspecified atom stereocenters. The maximum Gasteiger partial charge on any atom is 0.248 e. The van der Waals surface area contributed by atoms with E-state index in [1.807, 2.05) is 18.7 Å². The second-order valence-corrected chi connectivity index (χ2v) is 4.38. The van der Waals surface area contributed by atoms with Crippen LogP contribution in [0.25, 0.3) is 0 Å². The van der Waals surface area contributed by atoms with Crippen molar-refractivity contribution in [3.8, 4) is 0 Å². The van der Waals surface area contributed by atoms with Gasteiger partial charge in [0.1, 0.15) is 6.61 Å². The first-order valence-corrected chi connectivity index (χ1v) is 6.31. The summed E-state index contributed by atoms with van der Waals surface area (Å²) in [5.41, 5.74) is 0. The Balaban J connectivity index is 2.46. The van der Waals surface area contributed by atoms with Crippen LogP contribution in [0.15, 0.2) is 0 Å². The highest BCUT2D eigenvalue weighted by Crippen LogP contribution is 2.13. The Morgan fingerprint density at radius 2 is 1.53 bits per heavy atom. The molecular weight excluding hydrogens is 220 g/mol. The molecule has 0 aliphatic carbocycles. The molecule has 5 heteroatoms. The summed E-state index contributed by atoms with van der Waals surface area (Å²) in [6.45, 7) is 5.84. The lowest BCUT2D eigenvalue weighted by molar-refractivity contribution is -0.143. The molecule has 98 valence electrons. The number of piperazine rings is 1. The zero-order valence-electron chi connectivity index (χ0n) is 10.7. The van der Waals surface area contributed by atoms with Gasteiger partial charge in [-0.25, -0.2) is 0 Å². The van der Waals surface area contributed by atoms with E-state index >= 15 is 0 Å². The molecule has 0 radical (unpaired) electrons. The number of carbonyl (C=O) groups is 2. The smallest absolute Gasteiger partial charge is 0.248 e. The number of aliphatic hydroxyl groups is 1. The van der Waals surface area contributed by atoms with Gasteiger partial charge in [-0.05, 0) is 12.8 Å². The lowest BCUT2D eigenvalue weighted by Gasteiger charge is -2.36. The molecule has 0 aromatic carbocycles. The van der Waals surface area contributed by atoms with E-state index in [-0.39, 0.29) is 17.7 Å². The minimum absolute atomic E-state index is 0.107. The standard InChI is InChI=1S/C12H22N2O3/c1-3-10(4-2)12(17)14-7-5-13(6-8-14)11(16)9-15/h10,15H,3-9H2,1-2H3. The summed E-state index contributed by atoms with van der Waals surface area (Å²) in [6.07, 6.45) is 1.73. The quantitative estimate of drug-likeness (QED) is 0.760. The number of carbonyl (C=O) groups excluding carboxylic acids is 2. The Hall–Kier alpha value is -1.10. The highest BCUT2D eigenvalue weighted by molar-refractivity contribution is 5.80. The van der Waals surface area contributed by atoms with Crippen molar-refractivity contribution in [3.63, 3.8) is 0 Å². The first-order valence-electron chi connectivity index (χ1n) is 6.31. The fourth-order valence-electron chi connectivity index (χ4n) is 2.17. The van der Waals surface area contributed by atoms with Crippen LogP contribution in [0.3, 0.4) is 0 Å². The molecular formula is C12H22N2O3. The van der Waals surface area contributed by atoms with E-state index in [1.165, 1.54) is 0 Å². The summed E-state index contributed by atoms with van der Waals surface area (Å²) in [5, 5.41) is 8.75. The summed E-state index contributed by atoms with van der Waals surface area (Å²) < 4.78 is 0. The number of amides is 2. The van der Waals surface area contributed by atoms with Gasteiger partial charge in [0.2, 0.25) is 11.8 Å². The maximum absolute atomic E-state index is 12.1. The van der Waals surface area contributed by atoms with E-state index in [4.69, 9.17) is 5.11 Å². The zero-order chi connectivity index (χ0) is 12.8. The van der Waals surface area contributed by atoms with E-state index in [9.17, 15) is 9.59 Å². The van der Waals surface area contributed by atoms with Crippen LogP contribution in [-0.4, -0.2) is 59.5 Å². The van der Waals surface area contributed by atoms with E-state index in [0.717, 1.165) is 12.8 Å². The average molecular weight is 242 g/mol. The third-order valence-corrected chi connectivity index (χ3v) is 3.41. The highest BCUT2D eigenvalue weighted by atomic mass is 16.3. The van der Waals surface area contributed by atoms with Crippen molar-refractivity contribution < 1.29 is 14.7 Å². The molecule has 1 rings (SSSR count). The van der Waals surface area contributed by atoms with Crippen LogP contribution in [0.5, 0.6) is 0 Å². The van der Waals surface area contributed by atoms with Gasteiger partial charge in [-0.2, -0.15) is 0 Å². The molecule has 0 spiro atoms. The first kappa shape index (κ1) is 14.0. The highest BCUT2D eigenvalue weighted by Gasteiger charge is 2.26. The minimum Gasteiger partial charge on any atom is -0.387 e. The lowest BCUT2D eigenvalue weighted by Crippen LogP contribution is -2.52. The van der Waals surface area contributed by atoms with Crippen molar-refractivity contribution in [1.29, 1.82) is 0 Å². The van der Waals surface area contributed by atoms with E-state index in [0.29, 0.717) is 26.2 Å². The van der Waals surface area contributed by atoms with Gasteiger partial charge >= 0.3 is 0 Å². The number of rotatable bonds is 4. The molecule has 1 N–H and O–H groups in total. The molecule has 0 saturated carbocycles. The van der Waals surface area contributed by atoms with Gasteiger partial charge in [-0.3, -0.25) is 9.59 Å². The summed E-state index contributed by atoms with van der Waals surface area (Å²) in [6, 6.07) is 0. The van der Waals surface area contributed by atoms with Crippen LogP contribution >= 0.6 is 0 Å².